The predicted molar refractivity (Wildman–Crippen MR) is 130 cm³/mol. The zero-order valence-electron chi connectivity index (χ0n) is 18.4. The van der Waals surface area contributed by atoms with Gasteiger partial charge in [-0.15, -0.1) is 0 Å². The van der Waals surface area contributed by atoms with Crippen molar-refractivity contribution >= 4 is 40.1 Å². The summed E-state index contributed by atoms with van der Waals surface area (Å²) in [7, 11) is 4.03. The predicted octanol–water partition coefficient (Wildman–Crippen LogP) is 4.07. The quantitative estimate of drug-likeness (QED) is 0.575. The smallest absolute Gasteiger partial charge is 0.261 e. The van der Waals surface area contributed by atoms with Gasteiger partial charge >= 0.3 is 0 Å². The molecule has 1 aliphatic rings. The van der Waals surface area contributed by atoms with Gasteiger partial charge in [-0.3, -0.25) is 14.2 Å². The van der Waals surface area contributed by atoms with E-state index in [2.05, 4.69) is 10.2 Å². The molecule has 0 bridgehead atoms. The molecule has 1 aliphatic heterocycles. The Kier molecular flexibility index (Phi) is 6.72. The van der Waals surface area contributed by atoms with Crippen molar-refractivity contribution in [2.45, 2.75) is 25.8 Å². The van der Waals surface area contributed by atoms with Gasteiger partial charge in [-0.2, -0.15) is 0 Å². The maximum absolute atomic E-state index is 13.0. The molecule has 0 radical (unpaired) electrons. The number of amides is 1. The highest BCUT2D eigenvalue weighted by Gasteiger charge is 2.19. The van der Waals surface area contributed by atoms with Gasteiger partial charge in [0.05, 0.1) is 10.9 Å². The highest BCUT2D eigenvalue weighted by molar-refractivity contribution is 6.31. The van der Waals surface area contributed by atoms with Crippen molar-refractivity contribution in [3.63, 3.8) is 0 Å². The van der Waals surface area contributed by atoms with Crippen molar-refractivity contribution in [2.24, 2.45) is 0 Å². The molecule has 2 aromatic carbocycles. The third-order valence-electron chi connectivity index (χ3n) is 5.61. The summed E-state index contributed by atoms with van der Waals surface area (Å²) in [6.45, 7) is 2.24. The molecule has 1 aromatic heterocycles. The molecule has 0 saturated heterocycles. The van der Waals surface area contributed by atoms with Gasteiger partial charge in [-0.25, -0.2) is 4.98 Å². The first-order valence-electron chi connectivity index (χ1n) is 10.9. The van der Waals surface area contributed by atoms with Crippen LogP contribution in [0.1, 0.15) is 41.0 Å². The Bertz CT molecular complexity index is 1230. The molecular weight excluding hydrogens is 424 g/mol. The summed E-state index contributed by atoms with van der Waals surface area (Å²) in [6, 6.07) is 12.7. The number of carbonyl (C=O) groups excluding carboxylic acids is 1. The number of halogens is 1. The van der Waals surface area contributed by atoms with Crippen molar-refractivity contribution in [1.82, 2.24) is 19.8 Å². The van der Waals surface area contributed by atoms with E-state index in [1.54, 1.807) is 22.8 Å². The van der Waals surface area contributed by atoms with Crippen LogP contribution in [0.4, 0.5) is 0 Å². The minimum absolute atomic E-state index is 0.0337. The maximum Gasteiger partial charge on any atom is 0.261 e. The van der Waals surface area contributed by atoms with Crippen molar-refractivity contribution in [1.29, 1.82) is 0 Å². The molecule has 2 heterocycles. The molecule has 0 spiro atoms. The molecule has 3 aromatic rings. The Labute approximate surface area is 192 Å². The number of nitrogens with zero attached hydrogens (tertiary/aromatic N) is 3. The fourth-order valence-corrected chi connectivity index (χ4v) is 4.12. The molecule has 166 valence electrons. The fraction of sp³-hybridized carbons (Fsp3) is 0.320. The molecule has 6 nitrogen and oxygen atoms in total. The lowest BCUT2D eigenvalue weighted by atomic mass is 10.0. The average molecular weight is 451 g/mol. The van der Waals surface area contributed by atoms with Crippen LogP contribution < -0.4 is 10.9 Å². The molecule has 4 rings (SSSR count). The molecule has 0 fully saturated rings. The SMILES string of the molecule is CN(C)CCCNC(=O)c1ccc(/C=C2\CCCn3c2nc2cc(Cl)ccc2c3=O)cc1. The summed E-state index contributed by atoms with van der Waals surface area (Å²) < 4.78 is 1.75. The highest BCUT2D eigenvalue weighted by atomic mass is 35.5. The second kappa shape index (κ2) is 9.67. The van der Waals surface area contributed by atoms with E-state index in [9.17, 15) is 9.59 Å². The lowest BCUT2D eigenvalue weighted by Gasteiger charge is -2.21. The van der Waals surface area contributed by atoms with Gasteiger partial charge in [-0.05, 0) is 87.4 Å². The summed E-state index contributed by atoms with van der Waals surface area (Å²) in [5.74, 6) is 0.626. The summed E-state index contributed by atoms with van der Waals surface area (Å²) in [5, 5.41) is 4.10. The highest BCUT2D eigenvalue weighted by Crippen LogP contribution is 2.27. The summed E-state index contributed by atoms with van der Waals surface area (Å²) in [6.07, 6.45) is 4.68. The summed E-state index contributed by atoms with van der Waals surface area (Å²) in [4.78, 5) is 32.2. The number of hydrogen-bond donors (Lipinski definition) is 1. The second-order valence-electron chi connectivity index (χ2n) is 8.36. The topological polar surface area (TPSA) is 67.2 Å². The largest absolute Gasteiger partial charge is 0.352 e. The molecule has 0 atom stereocenters. The van der Waals surface area contributed by atoms with Crippen LogP contribution in [0, 0.1) is 0 Å². The summed E-state index contributed by atoms with van der Waals surface area (Å²) >= 11 is 6.12. The molecule has 0 aliphatic carbocycles. The van der Waals surface area contributed by atoms with E-state index in [4.69, 9.17) is 16.6 Å². The number of hydrogen-bond acceptors (Lipinski definition) is 4. The molecule has 1 amide bonds. The number of nitrogens with one attached hydrogen (secondary N) is 1. The van der Waals surface area contributed by atoms with Gasteiger partial charge in [0.25, 0.3) is 11.5 Å². The molecule has 0 unspecified atom stereocenters. The number of rotatable bonds is 6. The minimum atomic E-state index is -0.0671. The number of aromatic nitrogens is 2. The van der Waals surface area contributed by atoms with E-state index >= 15 is 0 Å². The first-order valence-corrected chi connectivity index (χ1v) is 11.2. The van der Waals surface area contributed by atoms with Gasteiger partial charge in [0.15, 0.2) is 0 Å². The summed E-state index contributed by atoms with van der Waals surface area (Å²) in [5.41, 5.74) is 3.20. The van der Waals surface area contributed by atoms with Crippen molar-refractivity contribution in [3.8, 4) is 0 Å². The molecule has 32 heavy (non-hydrogen) atoms. The Morgan fingerprint density at radius 3 is 2.75 bits per heavy atom. The normalized spacial score (nSPS) is 14.7. The Morgan fingerprint density at radius 1 is 1.22 bits per heavy atom. The van der Waals surface area contributed by atoms with Gasteiger partial charge < -0.3 is 10.2 Å². The van der Waals surface area contributed by atoms with Gasteiger partial charge in [0, 0.05) is 23.7 Å². The van der Waals surface area contributed by atoms with E-state index in [0.717, 1.165) is 36.9 Å². The van der Waals surface area contributed by atoms with Crippen molar-refractivity contribution in [2.75, 3.05) is 27.2 Å². The first-order chi connectivity index (χ1) is 15.4. The third-order valence-corrected chi connectivity index (χ3v) is 5.85. The van der Waals surface area contributed by atoms with E-state index in [-0.39, 0.29) is 11.5 Å². The number of carbonyl (C=O) groups is 1. The second-order valence-corrected chi connectivity index (χ2v) is 8.80. The molecule has 1 N–H and O–H groups in total. The third kappa shape index (κ3) is 4.92. The zero-order chi connectivity index (χ0) is 22.7. The zero-order valence-corrected chi connectivity index (χ0v) is 19.2. The van der Waals surface area contributed by atoms with Crippen LogP contribution in [-0.2, 0) is 6.54 Å². The van der Waals surface area contributed by atoms with Crippen LogP contribution in [0.5, 0.6) is 0 Å². The van der Waals surface area contributed by atoms with E-state index < -0.39 is 0 Å². The standard InChI is InChI=1S/C25H27ClN4O2/c1-29(2)13-4-12-27-24(31)18-8-6-17(7-9-18)15-19-5-3-14-30-23(19)28-22-16-20(26)10-11-21(22)25(30)32/h6-11,15-16H,3-5,12-14H2,1-2H3,(H,27,31)/b19-15+. The van der Waals surface area contributed by atoms with Gasteiger partial charge in [0.2, 0.25) is 0 Å². The van der Waals surface area contributed by atoms with Gasteiger partial charge in [-0.1, -0.05) is 23.7 Å². The maximum atomic E-state index is 13.0. The van der Waals surface area contributed by atoms with Crippen molar-refractivity contribution < 1.29 is 4.79 Å². The average Bonchev–Trinajstić information content (AvgIpc) is 2.77. The van der Waals surface area contributed by atoms with Crippen LogP contribution in [0.25, 0.3) is 22.6 Å². The monoisotopic (exact) mass is 450 g/mol. The first kappa shape index (κ1) is 22.2. The number of allylic oxidation sites excluding steroid dienone is 1. The van der Waals surface area contributed by atoms with Crippen LogP contribution in [0.3, 0.4) is 0 Å². The molecular formula is C25H27ClN4O2. The lowest BCUT2D eigenvalue weighted by Crippen LogP contribution is -2.27. The molecule has 7 heteroatoms. The Balaban J connectivity index is 1.56. The Morgan fingerprint density at radius 2 is 2.00 bits per heavy atom. The molecule has 0 saturated carbocycles. The van der Waals surface area contributed by atoms with Gasteiger partial charge in [0.1, 0.15) is 5.82 Å². The number of fused-ring (bicyclic) bond motifs is 2. The van der Waals surface area contributed by atoms with Crippen molar-refractivity contribution in [3.05, 3.63) is 74.8 Å². The van der Waals surface area contributed by atoms with E-state index in [1.807, 2.05) is 44.4 Å². The fourth-order valence-electron chi connectivity index (χ4n) is 3.95. The lowest BCUT2D eigenvalue weighted by molar-refractivity contribution is 0.0952. The van der Waals surface area contributed by atoms with Crippen LogP contribution in [0.2, 0.25) is 5.02 Å². The van der Waals surface area contributed by atoms with E-state index in [0.29, 0.717) is 40.4 Å². The van der Waals surface area contributed by atoms with E-state index in [1.165, 1.54) is 0 Å². The van der Waals surface area contributed by atoms with Crippen LogP contribution >= 0.6 is 11.6 Å². The number of benzene rings is 2. The Hall–Kier alpha value is -2.96. The van der Waals surface area contributed by atoms with Crippen LogP contribution in [-0.4, -0.2) is 47.5 Å². The van der Waals surface area contributed by atoms with Crippen LogP contribution in [0.15, 0.2) is 47.3 Å². The minimum Gasteiger partial charge on any atom is -0.352 e.